The van der Waals surface area contributed by atoms with Crippen molar-refractivity contribution in [2.24, 2.45) is 4.99 Å². The second-order valence-corrected chi connectivity index (χ2v) is 9.80. The molecule has 0 unspecified atom stereocenters. The Morgan fingerprint density at radius 2 is 1.95 bits per heavy atom. The number of guanidine groups is 1. The van der Waals surface area contributed by atoms with Crippen LogP contribution in [0.25, 0.3) is 23.1 Å². The standard InChI is InChI=1S/C25H26N6O5S/c32-23-19-15-18(7-4-11-26-25-27-12-13-28-25)8-9-20(19)29-22(30-23)16-21(24(33)34)31-37(35,36)14-10-17-5-2-1-3-6-17/h1-10,14-15,21,31H,11-13,16H2,(H,33,34)(H2,26,27,28)(H,29,30,32)/b7-4+,14-10+/t21-/m0/s1. The van der Waals surface area contributed by atoms with E-state index in [1.165, 1.54) is 6.08 Å². The molecule has 0 saturated heterocycles. The summed E-state index contributed by atoms with van der Waals surface area (Å²) < 4.78 is 27.0. The number of carbonyl (C=O) groups is 1. The number of rotatable bonds is 10. The van der Waals surface area contributed by atoms with Gasteiger partial charge in [-0.15, -0.1) is 0 Å². The molecule has 0 amide bonds. The van der Waals surface area contributed by atoms with Gasteiger partial charge in [0.15, 0.2) is 5.96 Å². The lowest BCUT2D eigenvalue weighted by molar-refractivity contribution is -0.138. The average Bonchev–Trinajstić information content (AvgIpc) is 3.39. The third-order valence-electron chi connectivity index (χ3n) is 5.39. The Labute approximate surface area is 213 Å². The normalized spacial score (nSPS) is 14.6. The summed E-state index contributed by atoms with van der Waals surface area (Å²) in [5.74, 6) is -0.588. The molecule has 3 aromatic rings. The highest BCUT2D eigenvalue weighted by Gasteiger charge is 2.24. The maximum atomic E-state index is 12.7. The Bertz CT molecular complexity index is 1530. The Kier molecular flexibility index (Phi) is 8.11. The number of aliphatic imine (C=N–C) groups is 1. The van der Waals surface area contributed by atoms with Crippen LogP contribution in [0.2, 0.25) is 0 Å². The minimum absolute atomic E-state index is 0.0527. The van der Waals surface area contributed by atoms with Crippen molar-refractivity contribution in [1.29, 1.82) is 0 Å². The molecule has 0 spiro atoms. The fourth-order valence-corrected chi connectivity index (χ4v) is 4.61. The van der Waals surface area contributed by atoms with E-state index in [1.54, 1.807) is 48.5 Å². The number of nitrogens with zero attached hydrogens (tertiary/aromatic N) is 2. The Hall–Kier alpha value is -4.29. The van der Waals surface area contributed by atoms with E-state index in [0.717, 1.165) is 30.0 Å². The van der Waals surface area contributed by atoms with Crippen LogP contribution in [0.4, 0.5) is 0 Å². The number of nitrogens with one attached hydrogen (secondary N) is 4. The molecule has 0 aliphatic carbocycles. The van der Waals surface area contributed by atoms with Gasteiger partial charge >= 0.3 is 5.97 Å². The zero-order chi connectivity index (χ0) is 26.3. The van der Waals surface area contributed by atoms with Crippen molar-refractivity contribution >= 4 is 45.0 Å². The van der Waals surface area contributed by atoms with Crippen LogP contribution in [-0.2, 0) is 21.2 Å². The van der Waals surface area contributed by atoms with Crippen LogP contribution in [0.5, 0.6) is 0 Å². The van der Waals surface area contributed by atoms with Crippen LogP contribution < -0.4 is 20.9 Å². The molecule has 2 aromatic carbocycles. The highest BCUT2D eigenvalue weighted by molar-refractivity contribution is 7.92. The minimum atomic E-state index is -4.07. The van der Waals surface area contributed by atoms with Crippen LogP contribution in [0.3, 0.4) is 0 Å². The van der Waals surface area contributed by atoms with Gasteiger partial charge < -0.3 is 20.7 Å². The Morgan fingerprint density at radius 1 is 1.14 bits per heavy atom. The van der Waals surface area contributed by atoms with Crippen LogP contribution in [0, 0.1) is 0 Å². The molecule has 1 aromatic heterocycles. The van der Waals surface area contributed by atoms with Crippen molar-refractivity contribution in [2.45, 2.75) is 12.5 Å². The molecule has 192 valence electrons. The van der Waals surface area contributed by atoms with Gasteiger partial charge in [0, 0.05) is 24.9 Å². The summed E-state index contributed by atoms with van der Waals surface area (Å²) in [4.78, 5) is 35.6. The van der Waals surface area contributed by atoms with Gasteiger partial charge in [-0.2, -0.15) is 4.72 Å². The predicted molar refractivity (Wildman–Crippen MR) is 142 cm³/mol. The number of fused-ring (bicyclic) bond motifs is 1. The molecule has 4 rings (SSSR count). The number of aliphatic carboxylic acids is 1. The lowest BCUT2D eigenvalue weighted by Crippen LogP contribution is -2.42. The van der Waals surface area contributed by atoms with Crippen molar-refractivity contribution in [3.05, 3.63) is 87.3 Å². The molecule has 12 heteroatoms. The van der Waals surface area contributed by atoms with Gasteiger partial charge in [0.1, 0.15) is 11.9 Å². The van der Waals surface area contributed by atoms with E-state index in [9.17, 15) is 23.1 Å². The van der Waals surface area contributed by atoms with Crippen molar-refractivity contribution in [3.8, 4) is 0 Å². The second-order valence-electron chi connectivity index (χ2n) is 8.20. The van der Waals surface area contributed by atoms with Crippen LogP contribution in [0.1, 0.15) is 17.0 Å². The van der Waals surface area contributed by atoms with Gasteiger partial charge in [0.05, 0.1) is 17.4 Å². The van der Waals surface area contributed by atoms with Gasteiger partial charge in [-0.25, -0.2) is 13.4 Å². The topological polar surface area (TPSA) is 166 Å². The summed E-state index contributed by atoms with van der Waals surface area (Å²) in [6.07, 6.45) is 4.77. The lowest BCUT2D eigenvalue weighted by atomic mass is 10.1. The molecule has 11 nitrogen and oxygen atoms in total. The van der Waals surface area contributed by atoms with Crippen molar-refractivity contribution in [2.75, 3.05) is 19.6 Å². The summed E-state index contributed by atoms with van der Waals surface area (Å²) in [5, 5.41) is 17.1. The monoisotopic (exact) mass is 522 g/mol. The number of aromatic nitrogens is 2. The molecular weight excluding hydrogens is 496 g/mol. The number of carboxylic acid groups (broad SMARTS) is 1. The van der Waals surface area contributed by atoms with Crippen molar-refractivity contribution < 1.29 is 18.3 Å². The number of benzene rings is 2. The van der Waals surface area contributed by atoms with Crippen LogP contribution in [0.15, 0.2) is 69.8 Å². The van der Waals surface area contributed by atoms with E-state index in [0.29, 0.717) is 23.0 Å². The first-order valence-electron chi connectivity index (χ1n) is 11.5. The van der Waals surface area contributed by atoms with Crippen molar-refractivity contribution in [1.82, 2.24) is 25.3 Å². The summed E-state index contributed by atoms with van der Waals surface area (Å²) in [6.45, 7) is 2.13. The first kappa shape index (κ1) is 25.8. The predicted octanol–water partition coefficient (Wildman–Crippen LogP) is 1.07. The average molecular weight is 523 g/mol. The van der Waals surface area contributed by atoms with E-state index in [4.69, 9.17) is 0 Å². The largest absolute Gasteiger partial charge is 0.480 e. The first-order valence-corrected chi connectivity index (χ1v) is 13.0. The third-order valence-corrected chi connectivity index (χ3v) is 6.50. The highest BCUT2D eigenvalue weighted by Crippen LogP contribution is 2.13. The molecule has 1 aliphatic rings. The van der Waals surface area contributed by atoms with Gasteiger partial charge in [0.25, 0.3) is 5.56 Å². The highest BCUT2D eigenvalue weighted by atomic mass is 32.2. The fraction of sp³-hybridized carbons (Fsp3) is 0.200. The molecule has 5 N–H and O–H groups in total. The van der Waals surface area contributed by atoms with Gasteiger partial charge in [-0.1, -0.05) is 48.6 Å². The third kappa shape index (κ3) is 7.35. The van der Waals surface area contributed by atoms with E-state index < -0.39 is 27.6 Å². The lowest BCUT2D eigenvalue weighted by Gasteiger charge is -2.13. The minimum Gasteiger partial charge on any atom is -0.480 e. The molecule has 0 saturated carbocycles. The molecule has 37 heavy (non-hydrogen) atoms. The molecule has 1 atom stereocenters. The molecular formula is C25H26N6O5S. The van der Waals surface area contributed by atoms with E-state index >= 15 is 0 Å². The zero-order valence-corrected chi connectivity index (χ0v) is 20.5. The number of sulfonamides is 1. The smallest absolute Gasteiger partial charge is 0.322 e. The van der Waals surface area contributed by atoms with Gasteiger partial charge in [0.2, 0.25) is 10.0 Å². The summed E-state index contributed by atoms with van der Waals surface area (Å²) in [7, 11) is -4.07. The number of hydrogen-bond donors (Lipinski definition) is 5. The second kappa shape index (κ2) is 11.6. The summed E-state index contributed by atoms with van der Waals surface area (Å²) in [6, 6.07) is 12.3. The SMILES string of the molecule is O=C(O)[C@H](Cc1nc2ccc(/C=C/CNC3=NCCN3)cc2c(=O)[nH]1)NS(=O)(=O)/C=C/c1ccccc1. The van der Waals surface area contributed by atoms with E-state index in [2.05, 4.69) is 30.3 Å². The summed E-state index contributed by atoms with van der Waals surface area (Å²) in [5.41, 5.74) is 1.35. The number of H-pyrrole nitrogens is 1. The van der Waals surface area contributed by atoms with Gasteiger partial charge in [-0.05, 0) is 29.3 Å². The number of hydrogen-bond acceptors (Lipinski definition) is 8. The zero-order valence-electron chi connectivity index (χ0n) is 19.7. The molecule has 1 aliphatic heterocycles. The maximum Gasteiger partial charge on any atom is 0.322 e. The first-order chi connectivity index (χ1) is 17.8. The van der Waals surface area contributed by atoms with Crippen molar-refractivity contribution in [3.63, 3.8) is 0 Å². The molecule has 2 heterocycles. The summed E-state index contributed by atoms with van der Waals surface area (Å²) >= 11 is 0. The quantitative estimate of drug-likeness (QED) is 0.264. The van der Waals surface area contributed by atoms with Gasteiger partial charge in [-0.3, -0.25) is 14.6 Å². The fourth-order valence-electron chi connectivity index (χ4n) is 3.61. The van der Waals surface area contributed by atoms with Crippen LogP contribution >= 0.6 is 0 Å². The molecule has 0 bridgehead atoms. The Balaban J connectivity index is 1.45. The van der Waals surface area contributed by atoms with E-state index in [-0.39, 0.29) is 12.2 Å². The van der Waals surface area contributed by atoms with Crippen LogP contribution in [-0.4, -0.2) is 61.1 Å². The number of carboxylic acids is 1. The molecule has 0 radical (unpaired) electrons. The van der Waals surface area contributed by atoms with E-state index in [1.807, 2.05) is 12.2 Å². The Morgan fingerprint density at radius 3 is 2.68 bits per heavy atom. The maximum absolute atomic E-state index is 12.7. The number of aromatic amines is 1. The molecule has 0 fully saturated rings.